The minimum atomic E-state index is 0.0220. The monoisotopic (exact) mass is 276 g/mol. The number of anilines is 2. The van der Waals surface area contributed by atoms with Gasteiger partial charge in [0.05, 0.1) is 19.5 Å². The number of benzene rings is 1. The van der Waals surface area contributed by atoms with Gasteiger partial charge in [0.25, 0.3) is 0 Å². The second-order valence-electron chi connectivity index (χ2n) is 4.60. The summed E-state index contributed by atoms with van der Waals surface area (Å²) in [5, 5.41) is 18.4. The van der Waals surface area contributed by atoms with Gasteiger partial charge in [0.15, 0.2) is 0 Å². The largest absolute Gasteiger partial charge is 0.469 e. The van der Waals surface area contributed by atoms with Crippen molar-refractivity contribution in [3.63, 3.8) is 0 Å². The molecular formula is C15H20N2O3. The number of nitrogens with zero attached hydrogens (tertiary/aromatic N) is 1. The first kappa shape index (κ1) is 14.4. The van der Waals surface area contributed by atoms with Crippen LogP contribution in [0.25, 0.3) is 11.1 Å². The first-order valence-corrected chi connectivity index (χ1v) is 6.58. The van der Waals surface area contributed by atoms with Gasteiger partial charge < -0.3 is 25.3 Å². The number of hydrogen-bond donors (Lipinski definition) is 3. The Morgan fingerprint density at radius 3 is 2.35 bits per heavy atom. The molecule has 20 heavy (non-hydrogen) atoms. The van der Waals surface area contributed by atoms with Crippen molar-refractivity contribution >= 4 is 11.4 Å². The van der Waals surface area contributed by atoms with E-state index >= 15 is 0 Å². The van der Waals surface area contributed by atoms with E-state index in [1.54, 1.807) is 6.26 Å². The van der Waals surface area contributed by atoms with Crippen molar-refractivity contribution in [1.29, 1.82) is 0 Å². The molecule has 0 spiro atoms. The van der Waals surface area contributed by atoms with E-state index in [1.165, 1.54) is 0 Å². The third-order valence-corrected chi connectivity index (χ3v) is 3.25. The summed E-state index contributed by atoms with van der Waals surface area (Å²) in [7, 11) is 0. The van der Waals surface area contributed by atoms with E-state index in [1.807, 2.05) is 36.1 Å². The number of aliphatic hydroxyl groups excluding tert-OH is 2. The Hall–Kier alpha value is -1.98. The number of rotatable bonds is 6. The Morgan fingerprint density at radius 2 is 1.80 bits per heavy atom. The lowest BCUT2D eigenvalue weighted by atomic mass is 10.0. The van der Waals surface area contributed by atoms with Crippen molar-refractivity contribution in [2.75, 3.05) is 36.9 Å². The fourth-order valence-electron chi connectivity index (χ4n) is 2.30. The molecule has 108 valence electrons. The zero-order valence-corrected chi connectivity index (χ0v) is 11.5. The molecule has 0 aliphatic rings. The third kappa shape index (κ3) is 2.95. The lowest BCUT2D eigenvalue weighted by Crippen LogP contribution is -2.30. The first-order valence-electron chi connectivity index (χ1n) is 6.58. The number of nitrogens with two attached hydrogens (primary N) is 1. The molecule has 4 N–H and O–H groups in total. The van der Waals surface area contributed by atoms with Crippen LogP contribution in [0.3, 0.4) is 0 Å². The number of hydrogen-bond acceptors (Lipinski definition) is 5. The van der Waals surface area contributed by atoms with E-state index < -0.39 is 0 Å². The average molecular weight is 276 g/mol. The van der Waals surface area contributed by atoms with Gasteiger partial charge in [0.1, 0.15) is 5.76 Å². The summed E-state index contributed by atoms with van der Waals surface area (Å²) in [6, 6.07) is 7.50. The van der Waals surface area contributed by atoms with Crippen LogP contribution in [0.5, 0.6) is 0 Å². The van der Waals surface area contributed by atoms with Crippen LogP contribution in [0.1, 0.15) is 5.76 Å². The van der Waals surface area contributed by atoms with Crippen LogP contribution in [-0.2, 0) is 0 Å². The maximum Gasteiger partial charge on any atom is 0.108 e. The van der Waals surface area contributed by atoms with Crippen LogP contribution in [0.2, 0.25) is 0 Å². The molecule has 0 atom stereocenters. The van der Waals surface area contributed by atoms with Crippen molar-refractivity contribution in [2.24, 2.45) is 0 Å². The Morgan fingerprint density at radius 1 is 1.10 bits per heavy atom. The molecular weight excluding hydrogens is 256 g/mol. The normalized spacial score (nSPS) is 10.8. The summed E-state index contributed by atoms with van der Waals surface area (Å²) in [6.07, 6.45) is 1.64. The standard InChI is InChI=1S/C15H20N2O3/c1-11-13(4-9-20-11)14-10-12(16)2-3-15(14)17(5-7-18)6-8-19/h2-4,9-10,18-19H,5-8,16H2,1H3. The second-order valence-corrected chi connectivity index (χ2v) is 4.60. The molecule has 0 saturated heterocycles. The first-order chi connectivity index (χ1) is 9.67. The maximum absolute atomic E-state index is 9.19. The Kier molecular flexibility index (Phi) is 4.65. The van der Waals surface area contributed by atoms with Gasteiger partial charge in [-0.25, -0.2) is 0 Å². The molecule has 0 bridgehead atoms. The van der Waals surface area contributed by atoms with E-state index in [9.17, 15) is 10.2 Å². The highest BCUT2D eigenvalue weighted by molar-refractivity contribution is 5.82. The lowest BCUT2D eigenvalue weighted by molar-refractivity contribution is 0.281. The fourth-order valence-corrected chi connectivity index (χ4v) is 2.30. The molecule has 0 amide bonds. The highest BCUT2D eigenvalue weighted by atomic mass is 16.3. The van der Waals surface area contributed by atoms with E-state index in [2.05, 4.69) is 0 Å². The molecule has 2 aromatic rings. The van der Waals surface area contributed by atoms with Gasteiger partial charge in [-0.05, 0) is 31.2 Å². The number of furan rings is 1. The minimum absolute atomic E-state index is 0.0220. The van der Waals surface area contributed by atoms with Crippen LogP contribution < -0.4 is 10.6 Å². The molecule has 0 aliphatic carbocycles. The highest BCUT2D eigenvalue weighted by Gasteiger charge is 2.15. The molecule has 0 unspecified atom stereocenters. The number of nitrogen functional groups attached to an aromatic ring is 1. The van der Waals surface area contributed by atoms with Crippen LogP contribution in [-0.4, -0.2) is 36.5 Å². The summed E-state index contributed by atoms with van der Waals surface area (Å²) in [5.74, 6) is 0.810. The zero-order valence-electron chi connectivity index (χ0n) is 11.5. The smallest absolute Gasteiger partial charge is 0.108 e. The highest BCUT2D eigenvalue weighted by Crippen LogP contribution is 2.35. The van der Waals surface area contributed by atoms with Gasteiger partial charge in [-0.15, -0.1) is 0 Å². The third-order valence-electron chi connectivity index (χ3n) is 3.25. The molecule has 0 fully saturated rings. The maximum atomic E-state index is 9.19. The number of aryl methyl sites for hydroxylation is 1. The molecule has 1 aromatic heterocycles. The van der Waals surface area contributed by atoms with Crippen molar-refractivity contribution in [1.82, 2.24) is 0 Å². The van der Waals surface area contributed by atoms with E-state index in [-0.39, 0.29) is 13.2 Å². The topological polar surface area (TPSA) is 82.9 Å². The van der Waals surface area contributed by atoms with Crippen LogP contribution >= 0.6 is 0 Å². The van der Waals surface area contributed by atoms with Gasteiger partial charge in [0.2, 0.25) is 0 Å². The Balaban J connectivity index is 2.49. The van der Waals surface area contributed by atoms with Crippen molar-refractivity contribution in [2.45, 2.75) is 6.92 Å². The summed E-state index contributed by atoms with van der Waals surface area (Å²) in [4.78, 5) is 1.93. The fraction of sp³-hybridized carbons (Fsp3) is 0.333. The van der Waals surface area contributed by atoms with Crippen molar-refractivity contribution in [3.8, 4) is 11.1 Å². The van der Waals surface area contributed by atoms with Crippen LogP contribution in [0.4, 0.5) is 11.4 Å². The predicted octanol–water partition coefficient (Wildman–Crippen LogP) is 1.63. The van der Waals surface area contributed by atoms with Gasteiger partial charge >= 0.3 is 0 Å². The van der Waals surface area contributed by atoms with Gasteiger partial charge in [0, 0.05) is 35.6 Å². The summed E-state index contributed by atoms with van der Waals surface area (Å²) in [5.41, 5.74) is 9.38. The molecule has 5 heteroatoms. The molecule has 2 rings (SSSR count). The van der Waals surface area contributed by atoms with Crippen molar-refractivity contribution < 1.29 is 14.6 Å². The Labute approximate surface area is 118 Å². The molecule has 5 nitrogen and oxygen atoms in total. The number of aliphatic hydroxyl groups is 2. The van der Waals surface area contributed by atoms with Gasteiger partial charge in [-0.2, -0.15) is 0 Å². The predicted molar refractivity (Wildman–Crippen MR) is 79.7 cm³/mol. The summed E-state index contributed by atoms with van der Waals surface area (Å²) >= 11 is 0. The quantitative estimate of drug-likeness (QED) is 0.698. The van der Waals surface area contributed by atoms with E-state index in [0.717, 1.165) is 22.6 Å². The molecule has 1 heterocycles. The summed E-state index contributed by atoms with van der Waals surface area (Å²) < 4.78 is 5.36. The Bertz CT molecular complexity index is 560. The van der Waals surface area contributed by atoms with Gasteiger partial charge in [-0.3, -0.25) is 0 Å². The van der Waals surface area contributed by atoms with Crippen LogP contribution in [0.15, 0.2) is 34.9 Å². The van der Waals surface area contributed by atoms with Gasteiger partial charge in [-0.1, -0.05) is 0 Å². The van der Waals surface area contributed by atoms with E-state index in [4.69, 9.17) is 10.2 Å². The molecule has 0 aliphatic heterocycles. The van der Waals surface area contributed by atoms with Crippen molar-refractivity contribution in [3.05, 3.63) is 36.3 Å². The zero-order chi connectivity index (χ0) is 14.5. The molecule has 1 aromatic carbocycles. The minimum Gasteiger partial charge on any atom is -0.469 e. The average Bonchev–Trinajstić information content (AvgIpc) is 2.85. The second kappa shape index (κ2) is 6.45. The molecule has 0 radical (unpaired) electrons. The lowest BCUT2D eigenvalue weighted by Gasteiger charge is -2.26. The summed E-state index contributed by atoms with van der Waals surface area (Å²) in [6.45, 7) is 2.84. The van der Waals surface area contributed by atoms with E-state index in [0.29, 0.717) is 18.8 Å². The SMILES string of the molecule is Cc1occc1-c1cc(N)ccc1N(CCO)CCO. The van der Waals surface area contributed by atoms with Crippen LogP contribution in [0, 0.1) is 6.92 Å². The molecule has 0 saturated carbocycles.